The molecule has 1 atom stereocenters. The van der Waals surface area contributed by atoms with E-state index in [4.69, 9.17) is 0 Å². The molecule has 0 saturated heterocycles. The van der Waals surface area contributed by atoms with Crippen LogP contribution in [0.1, 0.15) is 64.6 Å². The van der Waals surface area contributed by atoms with Crippen LogP contribution in [0.2, 0.25) is 0 Å². The Hall–Kier alpha value is -0.860. The summed E-state index contributed by atoms with van der Waals surface area (Å²) in [6.07, 6.45) is 2.26. The maximum atomic E-state index is 3.56. The first-order valence-electron chi connectivity index (χ1n) is 8.18. The lowest BCUT2D eigenvalue weighted by molar-refractivity contribution is 0.0918. The van der Waals surface area contributed by atoms with Gasteiger partial charge in [0.1, 0.15) is 0 Å². The Kier molecular flexibility index (Phi) is 6.01. The van der Waals surface area contributed by atoms with Crippen LogP contribution in [0, 0.1) is 0 Å². The minimum atomic E-state index is 0.151. The first-order chi connectivity index (χ1) is 9.72. The van der Waals surface area contributed by atoms with Gasteiger partial charge in [0.15, 0.2) is 0 Å². The molecule has 0 radical (unpaired) electrons. The molecule has 2 nitrogen and oxygen atoms in total. The minimum absolute atomic E-state index is 0.151. The van der Waals surface area contributed by atoms with Crippen molar-refractivity contribution in [3.05, 3.63) is 35.4 Å². The van der Waals surface area contributed by atoms with Gasteiger partial charge < -0.3 is 10.2 Å². The smallest absolute Gasteiger partial charge is 0.0504 e. The summed E-state index contributed by atoms with van der Waals surface area (Å²) in [5.74, 6) is 0. The Labute approximate surface area is 131 Å². The average Bonchev–Trinajstić information content (AvgIpc) is 2.43. The maximum absolute atomic E-state index is 3.56. The van der Waals surface area contributed by atoms with Crippen molar-refractivity contribution in [2.75, 3.05) is 21.1 Å². The standard InChI is InChI=1S/C19H34N2/c1-9-19(10-2,21(7)8)17(20-6)15-11-13-16(14-12-15)18(3,4)5/h11-14,17,20H,9-10H2,1-8H3. The fraction of sp³-hybridized carbons (Fsp3) is 0.684. The third-order valence-electron chi connectivity index (χ3n) is 5.05. The summed E-state index contributed by atoms with van der Waals surface area (Å²) in [5.41, 5.74) is 3.13. The highest BCUT2D eigenvalue weighted by molar-refractivity contribution is 5.31. The van der Waals surface area contributed by atoms with Crippen LogP contribution in [0.15, 0.2) is 24.3 Å². The Balaban J connectivity index is 3.21. The largest absolute Gasteiger partial charge is 0.311 e. The highest BCUT2D eigenvalue weighted by Crippen LogP contribution is 2.36. The number of hydrogen-bond donors (Lipinski definition) is 1. The van der Waals surface area contributed by atoms with Crippen LogP contribution in [0.3, 0.4) is 0 Å². The second-order valence-electron chi connectivity index (χ2n) is 7.30. The van der Waals surface area contributed by atoms with Crippen LogP contribution >= 0.6 is 0 Å². The van der Waals surface area contributed by atoms with Crippen molar-refractivity contribution in [2.24, 2.45) is 0 Å². The molecule has 21 heavy (non-hydrogen) atoms. The van der Waals surface area contributed by atoms with E-state index < -0.39 is 0 Å². The fourth-order valence-electron chi connectivity index (χ4n) is 3.47. The summed E-state index contributed by atoms with van der Waals surface area (Å²) < 4.78 is 0. The number of benzene rings is 1. The van der Waals surface area contributed by atoms with Gasteiger partial charge in [-0.05, 0) is 50.5 Å². The molecule has 1 N–H and O–H groups in total. The second-order valence-corrected chi connectivity index (χ2v) is 7.30. The number of likely N-dealkylation sites (N-methyl/N-ethyl adjacent to an activating group) is 2. The molecule has 0 aliphatic rings. The lowest BCUT2D eigenvalue weighted by atomic mass is 9.78. The van der Waals surface area contributed by atoms with Crippen molar-refractivity contribution in [1.82, 2.24) is 10.2 Å². The van der Waals surface area contributed by atoms with Crippen LogP contribution in [0.5, 0.6) is 0 Å². The van der Waals surface area contributed by atoms with E-state index in [1.54, 1.807) is 0 Å². The summed E-state index contributed by atoms with van der Waals surface area (Å²) in [7, 11) is 6.47. The molecule has 1 aromatic carbocycles. The van der Waals surface area contributed by atoms with Gasteiger partial charge in [-0.25, -0.2) is 0 Å². The van der Waals surface area contributed by atoms with Gasteiger partial charge in [-0.1, -0.05) is 58.9 Å². The van der Waals surface area contributed by atoms with E-state index >= 15 is 0 Å². The molecule has 1 rings (SSSR count). The highest BCUT2D eigenvalue weighted by atomic mass is 15.2. The van der Waals surface area contributed by atoms with Crippen molar-refractivity contribution in [2.45, 2.75) is 64.5 Å². The Morgan fingerprint density at radius 3 is 1.76 bits per heavy atom. The lowest BCUT2D eigenvalue weighted by Crippen LogP contribution is -2.52. The molecule has 1 aromatic rings. The van der Waals surface area contributed by atoms with Crippen molar-refractivity contribution in [3.63, 3.8) is 0 Å². The van der Waals surface area contributed by atoms with Gasteiger partial charge in [-0.3, -0.25) is 0 Å². The van der Waals surface area contributed by atoms with Crippen LogP contribution in [0.25, 0.3) is 0 Å². The van der Waals surface area contributed by atoms with E-state index in [2.05, 4.69) is 90.2 Å². The third-order valence-corrected chi connectivity index (χ3v) is 5.05. The molecular weight excluding hydrogens is 256 g/mol. The average molecular weight is 290 g/mol. The highest BCUT2D eigenvalue weighted by Gasteiger charge is 2.37. The molecule has 0 heterocycles. The van der Waals surface area contributed by atoms with Crippen molar-refractivity contribution < 1.29 is 0 Å². The zero-order chi connectivity index (χ0) is 16.3. The minimum Gasteiger partial charge on any atom is -0.311 e. The van der Waals surface area contributed by atoms with Gasteiger partial charge in [0, 0.05) is 5.54 Å². The van der Waals surface area contributed by atoms with Gasteiger partial charge >= 0.3 is 0 Å². The van der Waals surface area contributed by atoms with Crippen molar-refractivity contribution in [3.8, 4) is 0 Å². The summed E-state index contributed by atoms with van der Waals surface area (Å²) in [5, 5.41) is 3.56. The number of nitrogens with zero attached hydrogens (tertiary/aromatic N) is 1. The second kappa shape index (κ2) is 6.93. The Bertz CT molecular complexity index is 422. The molecule has 0 fully saturated rings. The summed E-state index contributed by atoms with van der Waals surface area (Å²) in [6.45, 7) is 11.4. The normalized spacial score (nSPS) is 14.5. The van der Waals surface area contributed by atoms with Crippen molar-refractivity contribution >= 4 is 0 Å². The molecule has 0 spiro atoms. The molecule has 0 aliphatic carbocycles. The van der Waals surface area contributed by atoms with Gasteiger partial charge in [-0.15, -0.1) is 0 Å². The quantitative estimate of drug-likeness (QED) is 0.837. The topological polar surface area (TPSA) is 15.3 Å². The van der Waals surface area contributed by atoms with Crippen molar-refractivity contribution in [1.29, 1.82) is 0 Å². The van der Waals surface area contributed by atoms with Crippen LogP contribution in [-0.4, -0.2) is 31.6 Å². The van der Waals surface area contributed by atoms with E-state index in [0.717, 1.165) is 12.8 Å². The molecule has 2 heteroatoms. The summed E-state index contributed by atoms with van der Waals surface area (Å²) in [4.78, 5) is 2.38. The van der Waals surface area contributed by atoms with Gasteiger partial charge in [0.05, 0.1) is 6.04 Å². The molecule has 0 bridgehead atoms. The monoisotopic (exact) mass is 290 g/mol. The van der Waals surface area contributed by atoms with Crippen LogP contribution in [0.4, 0.5) is 0 Å². The lowest BCUT2D eigenvalue weighted by Gasteiger charge is -2.45. The molecular formula is C19H34N2. The molecule has 0 amide bonds. The van der Waals surface area contributed by atoms with E-state index in [-0.39, 0.29) is 11.0 Å². The van der Waals surface area contributed by atoms with Crippen LogP contribution < -0.4 is 5.32 Å². The number of nitrogens with one attached hydrogen (secondary N) is 1. The SMILES string of the molecule is CCC(CC)(C(NC)c1ccc(C(C)(C)C)cc1)N(C)C. The zero-order valence-electron chi connectivity index (χ0n) is 15.2. The predicted octanol–water partition coefficient (Wildman–Crippen LogP) is 4.37. The first-order valence-corrected chi connectivity index (χ1v) is 8.18. The van der Waals surface area contributed by atoms with Crippen LogP contribution in [-0.2, 0) is 5.41 Å². The maximum Gasteiger partial charge on any atom is 0.0504 e. The van der Waals surface area contributed by atoms with E-state index in [0.29, 0.717) is 6.04 Å². The third kappa shape index (κ3) is 3.67. The molecule has 0 aliphatic heterocycles. The zero-order valence-corrected chi connectivity index (χ0v) is 15.2. The number of rotatable bonds is 6. The fourth-order valence-corrected chi connectivity index (χ4v) is 3.47. The molecule has 0 saturated carbocycles. The van der Waals surface area contributed by atoms with Gasteiger partial charge in [0.25, 0.3) is 0 Å². The van der Waals surface area contributed by atoms with E-state index in [1.807, 2.05) is 0 Å². The molecule has 1 unspecified atom stereocenters. The predicted molar refractivity (Wildman–Crippen MR) is 93.9 cm³/mol. The number of hydrogen-bond acceptors (Lipinski definition) is 2. The summed E-state index contributed by atoms with van der Waals surface area (Å²) in [6, 6.07) is 9.50. The van der Waals surface area contributed by atoms with Gasteiger partial charge in [0.2, 0.25) is 0 Å². The molecule has 0 aromatic heterocycles. The Morgan fingerprint density at radius 2 is 1.48 bits per heavy atom. The van der Waals surface area contributed by atoms with E-state index in [9.17, 15) is 0 Å². The van der Waals surface area contributed by atoms with Gasteiger partial charge in [-0.2, -0.15) is 0 Å². The first kappa shape index (κ1) is 18.2. The summed E-state index contributed by atoms with van der Waals surface area (Å²) >= 11 is 0. The van der Waals surface area contributed by atoms with E-state index in [1.165, 1.54) is 11.1 Å². The Morgan fingerprint density at radius 1 is 1.00 bits per heavy atom. The molecule has 120 valence electrons.